The number of halogens is 2. The molecule has 1 atom stereocenters. The van der Waals surface area contributed by atoms with E-state index >= 15 is 0 Å². The molecule has 2 aromatic carbocycles. The molecular weight excluding hydrogens is 463 g/mol. The monoisotopic (exact) mass is 482 g/mol. The Morgan fingerprint density at radius 3 is 2.55 bits per heavy atom. The Hall–Kier alpha value is -3.60. The molecule has 0 saturated heterocycles. The van der Waals surface area contributed by atoms with Crippen molar-refractivity contribution >= 4 is 46.6 Å². The fourth-order valence-electron chi connectivity index (χ4n) is 3.21. The second kappa shape index (κ2) is 10.8. The number of methoxy groups -OCH3 is 1. The van der Waals surface area contributed by atoms with Crippen LogP contribution in [0.3, 0.4) is 0 Å². The van der Waals surface area contributed by atoms with Crippen LogP contribution in [0.25, 0.3) is 11.1 Å². The van der Waals surface area contributed by atoms with Crippen molar-refractivity contribution in [3.8, 4) is 17.2 Å². The predicted molar refractivity (Wildman–Crippen MR) is 128 cm³/mol. The van der Waals surface area contributed by atoms with Crippen LogP contribution >= 0.6 is 23.2 Å². The molecule has 3 rings (SSSR count). The molecule has 0 fully saturated rings. The standard InChI is InChI=1S/C24H20Cl2N4O3/c1-14(29-23-22(20(26)10-12-28-23)30-21(31)9-11-27)15-3-5-16(6-4-15)19-13-17(25)7-8-18(19)24(32)33-2/h3-8,10,12-14H,9H2,1-2H3,(H,28,29)(H,30,31)/t14-/m1/s1. The van der Waals surface area contributed by atoms with E-state index in [9.17, 15) is 9.59 Å². The van der Waals surface area contributed by atoms with Crippen molar-refractivity contribution in [2.75, 3.05) is 17.7 Å². The number of hydrogen-bond acceptors (Lipinski definition) is 6. The summed E-state index contributed by atoms with van der Waals surface area (Å²) < 4.78 is 4.87. The number of nitrogens with one attached hydrogen (secondary N) is 2. The summed E-state index contributed by atoms with van der Waals surface area (Å²) in [4.78, 5) is 28.3. The number of benzene rings is 2. The summed E-state index contributed by atoms with van der Waals surface area (Å²) in [6.45, 7) is 1.93. The zero-order chi connectivity index (χ0) is 24.0. The van der Waals surface area contributed by atoms with Crippen molar-refractivity contribution in [1.82, 2.24) is 4.98 Å². The summed E-state index contributed by atoms with van der Waals surface area (Å²) >= 11 is 12.4. The van der Waals surface area contributed by atoms with Gasteiger partial charge in [0.25, 0.3) is 0 Å². The summed E-state index contributed by atoms with van der Waals surface area (Å²) in [7, 11) is 1.33. The average molecular weight is 483 g/mol. The average Bonchev–Trinajstić information content (AvgIpc) is 2.81. The number of nitrogens with zero attached hydrogens (tertiary/aromatic N) is 2. The number of carbonyl (C=O) groups excluding carboxylic acids is 2. The zero-order valence-electron chi connectivity index (χ0n) is 17.9. The van der Waals surface area contributed by atoms with Crippen molar-refractivity contribution in [3.05, 3.63) is 75.9 Å². The molecule has 0 saturated carbocycles. The lowest BCUT2D eigenvalue weighted by atomic mass is 9.97. The van der Waals surface area contributed by atoms with Crippen molar-refractivity contribution in [2.24, 2.45) is 0 Å². The fraction of sp³-hybridized carbons (Fsp3) is 0.167. The Labute approximate surface area is 201 Å². The van der Waals surface area contributed by atoms with Crippen LogP contribution in [-0.4, -0.2) is 24.0 Å². The minimum Gasteiger partial charge on any atom is -0.465 e. The van der Waals surface area contributed by atoms with Gasteiger partial charge in [-0.1, -0.05) is 47.5 Å². The smallest absolute Gasteiger partial charge is 0.338 e. The van der Waals surface area contributed by atoms with Gasteiger partial charge in [-0.25, -0.2) is 9.78 Å². The SMILES string of the molecule is COC(=O)c1ccc(Cl)cc1-c1ccc([C@@H](C)Nc2nccc(Cl)c2NC(=O)CC#N)cc1. The summed E-state index contributed by atoms with van der Waals surface area (Å²) in [5.74, 6) is -0.539. The minimum absolute atomic E-state index is 0.198. The number of nitriles is 1. The van der Waals surface area contributed by atoms with E-state index in [1.807, 2.05) is 31.2 Å². The normalized spacial score (nSPS) is 11.2. The Kier molecular flexibility index (Phi) is 7.88. The van der Waals surface area contributed by atoms with E-state index < -0.39 is 11.9 Å². The van der Waals surface area contributed by atoms with Crippen LogP contribution in [0, 0.1) is 11.3 Å². The van der Waals surface area contributed by atoms with Gasteiger partial charge in [-0.05, 0) is 47.9 Å². The number of amides is 1. The predicted octanol–water partition coefficient (Wildman–Crippen LogP) is 5.87. The van der Waals surface area contributed by atoms with E-state index in [0.29, 0.717) is 32.7 Å². The Balaban J connectivity index is 1.85. The number of hydrogen-bond donors (Lipinski definition) is 2. The molecule has 168 valence electrons. The first-order chi connectivity index (χ1) is 15.8. The Bertz CT molecular complexity index is 1220. The van der Waals surface area contributed by atoms with Crippen LogP contribution in [0.1, 0.15) is 35.3 Å². The molecular formula is C24H20Cl2N4O3. The Morgan fingerprint density at radius 2 is 1.88 bits per heavy atom. The first kappa shape index (κ1) is 24.1. The van der Waals surface area contributed by atoms with Gasteiger partial charge < -0.3 is 15.4 Å². The van der Waals surface area contributed by atoms with Gasteiger partial charge in [0.05, 0.1) is 29.8 Å². The molecule has 0 aliphatic heterocycles. The minimum atomic E-state index is -0.476. The number of esters is 1. The van der Waals surface area contributed by atoms with Crippen molar-refractivity contribution in [2.45, 2.75) is 19.4 Å². The van der Waals surface area contributed by atoms with Gasteiger partial charge in [0, 0.05) is 11.2 Å². The highest BCUT2D eigenvalue weighted by Crippen LogP contribution is 2.32. The molecule has 0 spiro atoms. The number of rotatable bonds is 7. The van der Waals surface area contributed by atoms with Gasteiger partial charge >= 0.3 is 5.97 Å². The van der Waals surface area contributed by atoms with Gasteiger partial charge in [0.2, 0.25) is 5.91 Å². The second-order valence-corrected chi connectivity index (χ2v) is 7.91. The van der Waals surface area contributed by atoms with Crippen molar-refractivity contribution in [3.63, 3.8) is 0 Å². The molecule has 0 bridgehead atoms. The first-order valence-electron chi connectivity index (χ1n) is 9.90. The number of ether oxygens (including phenoxy) is 1. The molecule has 1 amide bonds. The first-order valence-corrected chi connectivity index (χ1v) is 10.7. The highest BCUT2D eigenvalue weighted by atomic mass is 35.5. The highest BCUT2D eigenvalue weighted by Gasteiger charge is 2.17. The maximum Gasteiger partial charge on any atom is 0.338 e. The number of aromatic nitrogens is 1. The van der Waals surface area contributed by atoms with Gasteiger partial charge in [-0.3, -0.25) is 4.79 Å². The van der Waals surface area contributed by atoms with Crippen molar-refractivity contribution < 1.29 is 14.3 Å². The maximum absolute atomic E-state index is 12.1. The Morgan fingerprint density at radius 1 is 1.15 bits per heavy atom. The molecule has 0 aliphatic carbocycles. The molecule has 7 nitrogen and oxygen atoms in total. The molecule has 1 heterocycles. The summed E-state index contributed by atoms with van der Waals surface area (Å²) in [6.07, 6.45) is 1.23. The van der Waals surface area contributed by atoms with Gasteiger partial charge in [0.1, 0.15) is 12.1 Å². The molecule has 1 aromatic heterocycles. The molecule has 2 N–H and O–H groups in total. The van der Waals surface area contributed by atoms with E-state index in [0.717, 1.165) is 11.1 Å². The van der Waals surface area contributed by atoms with Gasteiger partial charge in [0.15, 0.2) is 5.82 Å². The quantitative estimate of drug-likeness (QED) is 0.408. The maximum atomic E-state index is 12.1. The van der Waals surface area contributed by atoms with Crippen LogP contribution in [0.15, 0.2) is 54.7 Å². The lowest BCUT2D eigenvalue weighted by molar-refractivity contribution is -0.115. The topological polar surface area (TPSA) is 104 Å². The summed E-state index contributed by atoms with van der Waals surface area (Å²) in [5.41, 5.74) is 3.13. The highest BCUT2D eigenvalue weighted by molar-refractivity contribution is 6.34. The van der Waals surface area contributed by atoms with Crippen LogP contribution in [-0.2, 0) is 9.53 Å². The molecule has 9 heteroatoms. The van der Waals surface area contributed by atoms with Crippen molar-refractivity contribution in [1.29, 1.82) is 5.26 Å². The molecule has 3 aromatic rings. The second-order valence-electron chi connectivity index (χ2n) is 7.07. The van der Waals surface area contributed by atoms with Crippen LogP contribution < -0.4 is 10.6 Å². The van der Waals surface area contributed by atoms with E-state index in [-0.39, 0.29) is 12.5 Å². The number of pyridine rings is 1. The molecule has 0 aliphatic rings. The molecule has 0 radical (unpaired) electrons. The van der Waals surface area contributed by atoms with Crippen LogP contribution in [0.5, 0.6) is 0 Å². The zero-order valence-corrected chi connectivity index (χ0v) is 19.4. The number of anilines is 2. The molecule has 0 unspecified atom stereocenters. The fourth-order valence-corrected chi connectivity index (χ4v) is 3.57. The lowest BCUT2D eigenvalue weighted by Gasteiger charge is -2.19. The number of carbonyl (C=O) groups is 2. The van der Waals surface area contributed by atoms with E-state index in [4.69, 9.17) is 33.2 Å². The van der Waals surface area contributed by atoms with Crippen LogP contribution in [0.4, 0.5) is 11.5 Å². The lowest BCUT2D eigenvalue weighted by Crippen LogP contribution is -2.15. The van der Waals surface area contributed by atoms with Gasteiger partial charge in [-0.15, -0.1) is 0 Å². The summed E-state index contributed by atoms with van der Waals surface area (Å²) in [6, 6.07) is 15.7. The summed E-state index contributed by atoms with van der Waals surface area (Å²) in [5, 5.41) is 15.4. The van der Waals surface area contributed by atoms with E-state index in [1.165, 1.54) is 13.3 Å². The third-order valence-corrected chi connectivity index (χ3v) is 5.42. The van der Waals surface area contributed by atoms with Crippen LogP contribution in [0.2, 0.25) is 10.0 Å². The van der Waals surface area contributed by atoms with E-state index in [2.05, 4.69) is 15.6 Å². The van der Waals surface area contributed by atoms with Gasteiger partial charge in [-0.2, -0.15) is 5.26 Å². The third-order valence-electron chi connectivity index (χ3n) is 4.87. The van der Waals surface area contributed by atoms with E-state index in [1.54, 1.807) is 30.3 Å². The third kappa shape index (κ3) is 5.80. The largest absolute Gasteiger partial charge is 0.465 e. The molecule has 33 heavy (non-hydrogen) atoms.